The standard InChI is InChI=1S/C14H17BrN4O2/c15-11-7-16-6-10(11)14(21)18-12-4-9(5-13(12)20)8-19-3-1-2-17-19/h1-3,6-7,9,12-13,16,20H,4-5,8H2,(H,18,21)/t9?,12-,13-/m1/s1. The molecule has 0 saturated heterocycles. The van der Waals surface area contributed by atoms with Crippen molar-refractivity contribution in [1.82, 2.24) is 20.1 Å². The largest absolute Gasteiger partial charge is 0.391 e. The lowest BCUT2D eigenvalue weighted by Gasteiger charge is -2.16. The first-order valence-corrected chi connectivity index (χ1v) is 7.71. The van der Waals surface area contributed by atoms with Crippen molar-refractivity contribution >= 4 is 21.8 Å². The third kappa shape index (κ3) is 3.19. The predicted octanol–water partition coefficient (Wildman–Crippen LogP) is 1.54. The number of carbonyl (C=O) groups excluding carboxylic acids is 1. The third-order valence-corrected chi connectivity index (χ3v) is 4.54. The highest BCUT2D eigenvalue weighted by atomic mass is 79.9. The smallest absolute Gasteiger partial charge is 0.254 e. The van der Waals surface area contributed by atoms with Gasteiger partial charge in [-0.05, 0) is 40.8 Å². The molecule has 2 aromatic heterocycles. The summed E-state index contributed by atoms with van der Waals surface area (Å²) in [6.07, 6.45) is 7.94. The second-order valence-electron chi connectivity index (χ2n) is 5.43. The van der Waals surface area contributed by atoms with Crippen LogP contribution in [0.1, 0.15) is 23.2 Å². The third-order valence-electron chi connectivity index (χ3n) is 3.89. The summed E-state index contributed by atoms with van der Waals surface area (Å²) in [6, 6.07) is 1.67. The molecule has 3 atom stereocenters. The summed E-state index contributed by atoms with van der Waals surface area (Å²) in [6.45, 7) is 0.768. The molecule has 2 heterocycles. The fraction of sp³-hybridized carbons (Fsp3) is 0.429. The maximum atomic E-state index is 12.2. The number of aliphatic hydroxyl groups excluding tert-OH is 1. The monoisotopic (exact) mass is 352 g/mol. The maximum Gasteiger partial charge on any atom is 0.254 e. The summed E-state index contributed by atoms with van der Waals surface area (Å²) in [7, 11) is 0. The number of aromatic nitrogens is 3. The second kappa shape index (κ2) is 6.03. The van der Waals surface area contributed by atoms with E-state index in [4.69, 9.17) is 0 Å². The van der Waals surface area contributed by atoms with Crippen molar-refractivity contribution in [2.75, 3.05) is 0 Å². The molecule has 21 heavy (non-hydrogen) atoms. The minimum absolute atomic E-state index is 0.174. The molecule has 0 bridgehead atoms. The Kier molecular flexibility index (Phi) is 4.12. The normalized spacial score (nSPS) is 25.1. The van der Waals surface area contributed by atoms with Gasteiger partial charge in [0.15, 0.2) is 0 Å². The Morgan fingerprint density at radius 3 is 3.05 bits per heavy atom. The van der Waals surface area contributed by atoms with Crippen LogP contribution in [0.4, 0.5) is 0 Å². The molecule has 1 amide bonds. The number of rotatable bonds is 4. The molecule has 0 aliphatic heterocycles. The average molecular weight is 353 g/mol. The number of nitrogens with one attached hydrogen (secondary N) is 2. The molecule has 0 spiro atoms. The van der Waals surface area contributed by atoms with E-state index >= 15 is 0 Å². The van der Waals surface area contributed by atoms with Crippen LogP contribution < -0.4 is 5.32 Å². The van der Waals surface area contributed by atoms with Crippen molar-refractivity contribution in [2.24, 2.45) is 5.92 Å². The van der Waals surface area contributed by atoms with Gasteiger partial charge in [-0.1, -0.05) is 0 Å². The molecule has 6 nitrogen and oxygen atoms in total. The number of amides is 1. The van der Waals surface area contributed by atoms with Gasteiger partial charge in [-0.3, -0.25) is 9.48 Å². The molecule has 2 aromatic rings. The zero-order chi connectivity index (χ0) is 14.8. The molecule has 3 N–H and O–H groups in total. The molecule has 1 saturated carbocycles. The van der Waals surface area contributed by atoms with Crippen LogP contribution in [-0.4, -0.2) is 37.9 Å². The predicted molar refractivity (Wildman–Crippen MR) is 80.7 cm³/mol. The summed E-state index contributed by atoms with van der Waals surface area (Å²) in [5.74, 6) is 0.145. The maximum absolute atomic E-state index is 12.2. The fourth-order valence-electron chi connectivity index (χ4n) is 2.86. The van der Waals surface area contributed by atoms with Crippen LogP contribution in [-0.2, 0) is 6.54 Å². The van der Waals surface area contributed by atoms with Crippen molar-refractivity contribution in [3.8, 4) is 0 Å². The number of hydrogen-bond donors (Lipinski definition) is 3. The number of H-pyrrole nitrogens is 1. The summed E-state index contributed by atoms with van der Waals surface area (Å²) >= 11 is 3.32. The van der Waals surface area contributed by atoms with Crippen LogP contribution in [0.5, 0.6) is 0 Å². The zero-order valence-corrected chi connectivity index (χ0v) is 13.0. The van der Waals surface area contributed by atoms with Crippen LogP contribution in [0.15, 0.2) is 35.3 Å². The van der Waals surface area contributed by atoms with Gasteiger partial charge >= 0.3 is 0 Å². The Balaban J connectivity index is 1.59. The van der Waals surface area contributed by atoms with Gasteiger partial charge in [-0.15, -0.1) is 0 Å². The molecule has 112 valence electrons. The van der Waals surface area contributed by atoms with E-state index in [9.17, 15) is 9.90 Å². The Labute approximate surface area is 130 Å². The van der Waals surface area contributed by atoms with E-state index in [0.717, 1.165) is 17.4 Å². The van der Waals surface area contributed by atoms with Crippen molar-refractivity contribution in [1.29, 1.82) is 0 Å². The van der Waals surface area contributed by atoms with Crippen molar-refractivity contribution in [3.63, 3.8) is 0 Å². The summed E-state index contributed by atoms with van der Waals surface area (Å²) in [4.78, 5) is 15.0. The van der Waals surface area contributed by atoms with E-state index in [0.29, 0.717) is 17.9 Å². The first kappa shape index (κ1) is 14.3. The van der Waals surface area contributed by atoms with E-state index in [2.05, 4.69) is 31.3 Å². The number of aliphatic hydroxyl groups is 1. The molecule has 1 fully saturated rings. The fourth-order valence-corrected chi connectivity index (χ4v) is 3.29. The highest BCUT2D eigenvalue weighted by Gasteiger charge is 2.34. The van der Waals surface area contributed by atoms with Crippen LogP contribution in [0.3, 0.4) is 0 Å². The Morgan fingerprint density at radius 2 is 2.38 bits per heavy atom. The van der Waals surface area contributed by atoms with Gasteiger partial charge in [-0.25, -0.2) is 0 Å². The Morgan fingerprint density at radius 1 is 1.52 bits per heavy atom. The van der Waals surface area contributed by atoms with Crippen LogP contribution in [0.2, 0.25) is 0 Å². The Bertz CT molecular complexity index is 610. The molecule has 0 aromatic carbocycles. The van der Waals surface area contributed by atoms with E-state index < -0.39 is 6.10 Å². The first-order valence-electron chi connectivity index (χ1n) is 6.92. The van der Waals surface area contributed by atoms with Crippen molar-refractivity contribution in [2.45, 2.75) is 31.5 Å². The van der Waals surface area contributed by atoms with Crippen LogP contribution >= 0.6 is 15.9 Å². The minimum atomic E-state index is -0.507. The summed E-state index contributed by atoms with van der Waals surface area (Å²) < 4.78 is 2.59. The molecule has 7 heteroatoms. The van der Waals surface area contributed by atoms with Crippen LogP contribution in [0, 0.1) is 5.92 Å². The van der Waals surface area contributed by atoms with Gasteiger partial charge in [0.1, 0.15) is 0 Å². The Hall–Kier alpha value is -1.60. The zero-order valence-electron chi connectivity index (χ0n) is 11.4. The number of nitrogens with zero attached hydrogens (tertiary/aromatic N) is 2. The first-order chi connectivity index (χ1) is 10.1. The number of carbonyl (C=O) groups is 1. The van der Waals surface area contributed by atoms with E-state index in [-0.39, 0.29) is 11.9 Å². The molecule has 1 aliphatic carbocycles. The molecular formula is C14H17BrN4O2. The lowest BCUT2D eigenvalue weighted by molar-refractivity contribution is 0.0872. The van der Waals surface area contributed by atoms with Gasteiger partial charge in [0.2, 0.25) is 0 Å². The van der Waals surface area contributed by atoms with Gasteiger partial charge in [0.05, 0.1) is 17.7 Å². The lowest BCUT2D eigenvalue weighted by atomic mass is 10.1. The second-order valence-corrected chi connectivity index (χ2v) is 6.28. The number of hydrogen-bond acceptors (Lipinski definition) is 3. The van der Waals surface area contributed by atoms with Gasteiger partial charge < -0.3 is 15.4 Å². The summed E-state index contributed by atoms with van der Waals surface area (Å²) in [5.41, 5.74) is 0.553. The van der Waals surface area contributed by atoms with Gasteiger partial charge in [0.25, 0.3) is 5.91 Å². The highest BCUT2D eigenvalue weighted by Crippen LogP contribution is 2.28. The van der Waals surface area contributed by atoms with Crippen molar-refractivity contribution in [3.05, 3.63) is 40.9 Å². The summed E-state index contributed by atoms with van der Waals surface area (Å²) in [5, 5.41) is 17.2. The molecule has 1 aliphatic rings. The van der Waals surface area contributed by atoms with E-state index in [1.807, 2.05) is 16.9 Å². The topological polar surface area (TPSA) is 82.9 Å². The lowest BCUT2D eigenvalue weighted by Crippen LogP contribution is -2.39. The van der Waals surface area contributed by atoms with E-state index in [1.165, 1.54) is 0 Å². The minimum Gasteiger partial charge on any atom is -0.391 e. The average Bonchev–Trinajstić information content (AvgIpc) is 3.14. The van der Waals surface area contributed by atoms with Gasteiger partial charge in [0, 0.05) is 35.8 Å². The number of aromatic amines is 1. The number of halogens is 1. The van der Waals surface area contributed by atoms with Gasteiger partial charge in [-0.2, -0.15) is 5.10 Å². The van der Waals surface area contributed by atoms with Crippen molar-refractivity contribution < 1.29 is 9.90 Å². The molecule has 3 rings (SSSR count). The molecule has 0 radical (unpaired) electrons. The highest BCUT2D eigenvalue weighted by molar-refractivity contribution is 9.10. The SMILES string of the molecule is O=C(N[C@@H]1CC(Cn2cccn2)C[C@H]1O)c1c[nH]cc1Br. The van der Waals surface area contributed by atoms with E-state index in [1.54, 1.807) is 18.6 Å². The van der Waals surface area contributed by atoms with Crippen LogP contribution in [0.25, 0.3) is 0 Å². The molecular weight excluding hydrogens is 336 g/mol. The molecule has 1 unspecified atom stereocenters. The quantitative estimate of drug-likeness (QED) is 0.780.